The maximum Gasteiger partial charge on any atom is 0.234 e. The molecule has 1 aromatic heterocycles. The largest absolute Gasteiger partial charge is 0.325 e. The van der Waals surface area contributed by atoms with Crippen LogP contribution in [0, 0.1) is 0 Å². The topological polar surface area (TPSA) is 67.8 Å². The van der Waals surface area contributed by atoms with Gasteiger partial charge in [-0.2, -0.15) is 0 Å². The maximum atomic E-state index is 12.3. The lowest BCUT2D eigenvalue weighted by atomic mass is 10.1. The van der Waals surface area contributed by atoms with Gasteiger partial charge in [0.1, 0.15) is 5.69 Å². The predicted molar refractivity (Wildman–Crippen MR) is 109 cm³/mol. The lowest BCUT2D eigenvalue weighted by molar-refractivity contribution is -0.113. The molecule has 0 atom stereocenters. The SMILES string of the molecule is O=C(CSc1ncc(-c2ccccc2)nn1)Nc1cccc2ccccc12. The first-order valence-corrected chi connectivity index (χ1v) is 9.44. The van der Waals surface area contributed by atoms with Gasteiger partial charge in [0.05, 0.1) is 11.9 Å². The third-order valence-corrected chi connectivity index (χ3v) is 4.86. The molecular formula is C21H16N4OS. The van der Waals surface area contributed by atoms with Crippen LogP contribution in [-0.2, 0) is 4.79 Å². The number of nitrogens with zero attached hydrogens (tertiary/aromatic N) is 3. The van der Waals surface area contributed by atoms with Gasteiger partial charge in [0.15, 0.2) is 0 Å². The quantitative estimate of drug-likeness (QED) is 0.525. The molecule has 1 N–H and O–H groups in total. The van der Waals surface area contributed by atoms with Crippen molar-refractivity contribution in [3.05, 3.63) is 79.0 Å². The van der Waals surface area contributed by atoms with Crippen LogP contribution in [0.25, 0.3) is 22.0 Å². The molecule has 3 aromatic carbocycles. The van der Waals surface area contributed by atoms with Crippen LogP contribution in [0.15, 0.2) is 84.1 Å². The summed E-state index contributed by atoms with van der Waals surface area (Å²) in [6, 6.07) is 23.5. The van der Waals surface area contributed by atoms with Crippen LogP contribution in [0.3, 0.4) is 0 Å². The molecular weight excluding hydrogens is 356 g/mol. The molecule has 0 fully saturated rings. The van der Waals surface area contributed by atoms with Crippen LogP contribution < -0.4 is 5.32 Å². The zero-order chi connectivity index (χ0) is 18.5. The number of rotatable bonds is 5. The summed E-state index contributed by atoms with van der Waals surface area (Å²) in [6.07, 6.45) is 1.67. The molecule has 0 radical (unpaired) electrons. The van der Waals surface area contributed by atoms with Crippen molar-refractivity contribution in [2.45, 2.75) is 5.16 Å². The zero-order valence-corrected chi connectivity index (χ0v) is 15.2. The molecule has 6 heteroatoms. The van der Waals surface area contributed by atoms with Gasteiger partial charge in [0.2, 0.25) is 11.1 Å². The van der Waals surface area contributed by atoms with Gasteiger partial charge in [-0.3, -0.25) is 4.79 Å². The lowest BCUT2D eigenvalue weighted by Crippen LogP contribution is -2.14. The number of fused-ring (bicyclic) bond motifs is 1. The number of benzene rings is 3. The van der Waals surface area contributed by atoms with E-state index in [4.69, 9.17) is 0 Å². The maximum absolute atomic E-state index is 12.3. The number of hydrogen-bond acceptors (Lipinski definition) is 5. The van der Waals surface area contributed by atoms with E-state index in [-0.39, 0.29) is 11.7 Å². The summed E-state index contributed by atoms with van der Waals surface area (Å²) in [7, 11) is 0. The molecule has 0 unspecified atom stereocenters. The second-order valence-electron chi connectivity index (χ2n) is 5.86. The third-order valence-electron chi connectivity index (χ3n) is 4.01. The summed E-state index contributed by atoms with van der Waals surface area (Å²) < 4.78 is 0. The minimum atomic E-state index is -0.105. The monoisotopic (exact) mass is 372 g/mol. The van der Waals surface area contributed by atoms with E-state index in [0.29, 0.717) is 10.9 Å². The second-order valence-corrected chi connectivity index (χ2v) is 6.80. The van der Waals surface area contributed by atoms with E-state index in [1.807, 2.05) is 72.8 Å². The fourth-order valence-electron chi connectivity index (χ4n) is 2.72. The number of aromatic nitrogens is 3. The van der Waals surface area contributed by atoms with E-state index in [1.165, 1.54) is 11.8 Å². The Hall–Kier alpha value is -3.25. The van der Waals surface area contributed by atoms with Crippen LogP contribution in [0.1, 0.15) is 0 Å². The number of nitrogens with one attached hydrogen (secondary N) is 1. The Morgan fingerprint density at radius 3 is 2.48 bits per heavy atom. The van der Waals surface area contributed by atoms with E-state index in [2.05, 4.69) is 20.5 Å². The summed E-state index contributed by atoms with van der Waals surface area (Å²) in [5.74, 6) is 0.113. The average molecular weight is 372 g/mol. The highest BCUT2D eigenvalue weighted by Gasteiger charge is 2.09. The number of carbonyl (C=O) groups excluding carboxylic acids is 1. The van der Waals surface area contributed by atoms with E-state index in [0.717, 1.165) is 22.0 Å². The van der Waals surface area contributed by atoms with Crippen molar-refractivity contribution in [1.82, 2.24) is 15.2 Å². The molecule has 1 amide bonds. The molecule has 0 spiro atoms. The first kappa shape index (κ1) is 17.2. The van der Waals surface area contributed by atoms with Crippen LogP contribution >= 0.6 is 11.8 Å². The van der Waals surface area contributed by atoms with E-state index in [9.17, 15) is 4.79 Å². The van der Waals surface area contributed by atoms with Crippen molar-refractivity contribution in [3.63, 3.8) is 0 Å². The second kappa shape index (κ2) is 7.97. The number of amides is 1. The third kappa shape index (κ3) is 4.12. The van der Waals surface area contributed by atoms with Crippen LogP contribution in [-0.4, -0.2) is 26.8 Å². The Bertz CT molecular complexity index is 1060. The first-order chi connectivity index (χ1) is 13.3. The number of carbonyl (C=O) groups is 1. The van der Waals surface area contributed by atoms with Crippen molar-refractivity contribution < 1.29 is 4.79 Å². The van der Waals surface area contributed by atoms with Gasteiger partial charge < -0.3 is 5.32 Å². The lowest BCUT2D eigenvalue weighted by Gasteiger charge is -2.08. The van der Waals surface area contributed by atoms with Gasteiger partial charge in [-0.1, -0.05) is 78.5 Å². The molecule has 0 bridgehead atoms. The minimum absolute atomic E-state index is 0.105. The molecule has 0 aliphatic carbocycles. The van der Waals surface area contributed by atoms with Gasteiger partial charge in [-0.15, -0.1) is 10.2 Å². The summed E-state index contributed by atoms with van der Waals surface area (Å²) in [6.45, 7) is 0. The zero-order valence-electron chi connectivity index (χ0n) is 14.4. The van der Waals surface area contributed by atoms with Crippen molar-refractivity contribution in [1.29, 1.82) is 0 Å². The van der Waals surface area contributed by atoms with E-state index >= 15 is 0 Å². The number of hydrogen-bond donors (Lipinski definition) is 1. The van der Waals surface area contributed by atoms with Crippen LogP contribution in [0.4, 0.5) is 5.69 Å². The highest BCUT2D eigenvalue weighted by atomic mass is 32.2. The van der Waals surface area contributed by atoms with Crippen molar-refractivity contribution >= 4 is 34.1 Å². The summed E-state index contributed by atoms with van der Waals surface area (Å²) in [5.41, 5.74) is 2.47. The van der Waals surface area contributed by atoms with Gasteiger partial charge in [-0.05, 0) is 11.5 Å². The summed E-state index contributed by atoms with van der Waals surface area (Å²) in [4.78, 5) is 16.6. The molecule has 4 aromatic rings. The molecule has 0 aliphatic rings. The van der Waals surface area contributed by atoms with Gasteiger partial charge in [0, 0.05) is 16.6 Å². The highest BCUT2D eigenvalue weighted by molar-refractivity contribution is 7.99. The molecule has 132 valence electrons. The molecule has 5 nitrogen and oxygen atoms in total. The van der Waals surface area contributed by atoms with Gasteiger partial charge >= 0.3 is 0 Å². The van der Waals surface area contributed by atoms with E-state index in [1.54, 1.807) is 6.20 Å². The number of thioether (sulfide) groups is 1. The molecule has 0 saturated heterocycles. The highest BCUT2D eigenvalue weighted by Crippen LogP contribution is 2.23. The molecule has 1 heterocycles. The standard InChI is InChI=1S/C21H16N4OS/c26-20(23-18-12-6-10-15-7-4-5-11-17(15)18)14-27-21-22-13-19(24-25-21)16-8-2-1-3-9-16/h1-13H,14H2,(H,23,26). The summed E-state index contributed by atoms with van der Waals surface area (Å²) >= 11 is 1.26. The molecule has 0 aliphatic heterocycles. The Labute approximate surface area is 160 Å². The predicted octanol–water partition coefficient (Wildman–Crippen LogP) is 4.42. The Morgan fingerprint density at radius 1 is 0.889 bits per heavy atom. The smallest absolute Gasteiger partial charge is 0.234 e. The van der Waals surface area contributed by atoms with Crippen LogP contribution in [0.5, 0.6) is 0 Å². The fourth-order valence-corrected chi connectivity index (χ4v) is 3.28. The molecule has 4 rings (SSSR count). The normalized spacial score (nSPS) is 10.7. The van der Waals surface area contributed by atoms with Gasteiger partial charge in [-0.25, -0.2) is 4.98 Å². The summed E-state index contributed by atoms with van der Waals surface area (Å²) in [5, 5.41) is 13.8. The van der Waals surface area contributed by atoms with Crippen molar-refractivity contribution in [2.75, 3.05) is 11.1 Å². The Balaban J connectivity index is 1.39. The van der Waals surface area contributed by atoms with Crippen molar-refractivity contribution in [2.24, 2.45) is 0 Å². The van der Waals surface area contributed by atoms with Gasteiger partial charge in [0.25, 0.3) is 0 Å². The fraction of sp³-hybridized carbons (Fsp3) is 0.0476. The Kier molecular flexibility index (Phi) is 5.07. The Morgan fingerprint density at radius 2 is 1.67 bits per heavy atom. The minimum Gasteiger partial charge on any atom is -0.325 e. The molecule has 27 heavy (non-hydrogen) atoms. The average Bonchev–Trinajstić information content (AvgIpc) is 2.74. The first-order valence-electron chi connectivity index (χ1n) is 8.45. The van der Waals surface area contributed by atoms with Crippen molar-refractivity contribution in [3.8, 4) is 11.3 Å². The number of anilines is 1. The van der Waals surface area contributed by atoms with Crippen LogP contribution in [0.2, 0.25) is 0 Å². The molecule has 0 saturated carbocycles. The van der Waals surface area contributed by atoms with E-state index < -0.39 is 0 Å².